The molecule has 5 nitrogen and oxygen atoms in total. The van der Waals surface area contributed by atoms with E-state index in [0.717, 1.165) is 33.7 Å². The van der Waals surface area contributed by atoms with Crippen molar-refractivity contribution in [3.05, 3.63) is 52.8 Å². The van der Waals surface area contributed by atoms with Gasteiger partial charge in [-0.05, 0) is 36.9 Å². The van der Waals surface area contributed by atoms with Crippen LogP contribution in [0.2, 0.25) is 0 Å². The number of hydrogen-bond acceptors (Lipinski definition) is 4. The molecular formula is C14H14BrN5. The minimum Gasteiger partial charge on any atom is -0.339 e. The van der Waals surface area contributed by atoms with E-state index in [9.17, 15) is 0 Å². The lowest BCUT2D eigenvalue weighted by Gasteiger charge is -2.05. The van der Waals surface area contributed by atoms with Crippen LogP contribution < -0.4 is 11.1 Å². The van der Waals surface area contributed by atoms with E-state index < -0.39 is 0 Å². The number of nitrogens with one attached hydrogen (secondary N) is 1. The van der Waals surface area contributed by atoms with Gasteiger partial charge in [-0.1, -0.05) is 22.0 Å². The third-order valence-electron chi connectivity index (χ3n) is 2.87. The van der Waals surface area contributed by atoms with Gasteiger partial charge in [0.25, 0.3) is 0 Å². The highest BCUT2D eigenvalue weighted by Crippen LogP contribution is 2.19. The SMILES string of the molecule is NCCc1cn2nc(Nc3cccc(Br)c3)ccc2n1. The minimum absolute atomic E-state index is 0.590. The van der Waals surface area contributed by atoms with E-state index in [1.807, 2.05) is 42.6 Å². The molecule has 6 heteroatoms. The normalized spacial score (nSPS) is 10.9. The molecule has 0 saturated carbocycles. The van der Waals surface area contributed by atoms with Gasteiger partial charge >= 0.3 is 0 Å². The molecule has 0 radical (unpaired) electrons. The summed E-state index contributed by atoms with van der Waals surface area (Å²) in [5.74, 6) is 0.771. The lowest BCUT2D eigenvalue weighted by atomic mass is 10.3. The summed E-state index contributed by atoms with van der Waals surface area (Å²) in [4.78, 5) is 4.45. The van der Waals surface area contributed by atoms with E-state index in [1.54, 1.807) is 4.52 Å². The molecule has 20 heavy (non-hydrogen) atoms. The molecule has 0 aliphatic heterocycles. The third kappa shape index (κ3) is 2.81. The average Bonchev–Trinajstić information content (AvgIpc) is 2.81. The maximum atomic E-state index is 5.54. The van der Waals surface area contributed by atoms with Gasteiger partial charge in [0.2, 0.25) is 0 Å². The molecule has 0 aliphatic rings. The number of aromatic nitrogens is 3. The van der Waals surface area contributed by atoms with E-state index in [-0.39, 0.29) is 0 Å². The molecule has 2 heterocycles. The van der Waals surface area contributed by atoms with Crippen molar-refractivity contribution in [1.82, 2.24) is 14.6 Å². The molecule has 3 N–H and O–H groups in total. The molecule has 3 aromatic rings. The Morgan fingerprint density at radius 3 is 2.95 bits per heavy atom. The molecule has 2 aromatic heterocycles. The summed E-state index contributed by atoms with van der Waals surface area (Å²) in [6.07, 6.45) is 2.67. The number of nitrogens with two attached hydrogens (primary N) is 1. The first-order chi connectivity index (χ1) is 9.74. The summed E-state index contributed by atoms with van der Waals surface area (Å²) in [7, 11) is 0. The van der Waals surface area contributed by atoms with Crippen LogP contribution in [0.15, 0.2) is 47.1 Å². The number of halogens is 1. The van der Waals surface area contributed by atoms with Crippen molar-refractivity contribution in [3.63, 3.8) is 0 Å². The molecule has 1 aromatic carbocycles. The van der Waals surface area contributed by atoms with Gasteiger partial charge in [-0.25, -0.2) is 9.50 Å². The van der Waals surface area contributed by atoms with Crippen LogP contribution in [-0.4, -0.2) is 21.1 Å². The molecule has 0 fully saturated rings. The van der Waals surface area contributed by atoms with Crippen LogP contribution >= 0.6 is 15.9 Å². The van der Waals surface area contributed by atoms with Crippen LogP contribution in [0.4, 0.5) is 11.5 Å². The van der Waals surface area contributed by atoms with Crippen LogP contribution in [0.1, 0.15) is 5.69 Å². The van der Waals surface area contributed by atoms with Gasteiger partial charge in [0, 0.05) is 16.6 Å². The number of rotatable bonds is 4. The summed E-state index contributed by atoms with van der Waals surface area (Å²) in [5.41, 5.74) is 8.31. The Morgan fingerprint density at radius 1 is 1.25 bits per heavy atom. The molecule has 0 amide bonds. The summed E-state index contributed by atoms with van der Waals surface area (Å²) < 4.78 is 2.79. The van der Waals surface area contributed by atoms with Crippen LogP contribution in [0, 0.1) is 0 Å². The second-order valence-corrected chi connectivity index (χ2v) is 5.34. The van der Waals surface area contributed by atoms with E-state index in [1.165, 1.54) is 0 Å². The van der Waals surface area contributed by atoms with Gasteiger partial charge < -0.3 is 11.1 Å². The molecule has 0 aliphatic carbocycles. The number of imidazole rings is 1. The Kier molecular flexibility index (Phi) is 3.66. The number of benzene rings is 1. The quantitative estimate of drug-likeness (QED) is 0.771. The van der Waals surface area contributed by atoms with Crippen LogP contribution in [0.5, 0.6) is 0 Å². The zero-order valence-corrected chi connectivity index (χ0v) is 12.3. The third-order valence-corrected chi connectivity index (χ3v) is 3.36. The average molecular weight is 332 g/mol. The maximum Gasteiger partial charge on any atom is 0.153 e. The Bertz CT molecular complexity index is 737. The predicted octanol–water partition coefficient (Wildman–Crippen LogP) is 2.74. The zero-order valence-electron chi connectivity index (χ0n) is 10.8. The summed E-state index contributed by atoms with van der Waals surface area (Å²) >= 11 is 3.45. The minimum atomic E-state index is 0.590. The smallest absolute Gasteiger partial charge is 0.153 e. The predicted molar refractivity (Wildman–Crippen MR) is 83.2 cm³/mol. The first-order valence-electron chi connectivity index (χ1n) is 6.32. The van der Waals surface area contributed by atoms with Crippen molar-refractivity contribution in [3.8, 4) is 0 Å². The highest BCUT2D eigenvalue weighted by Gasteiger charge is 2.03. The topological polar surface area (TPSA) is 68.2 Å². The molecule has 0 bridgehead atoms. The van der Waals surface area contributed by atoms with Crippen LogP contribution in [0.25, 0.3) is 5.65 Å². The Morgan fingerprint density at radius 2 is 2.15 bits per heavy atom. The van der Waals surface area contributed by atoms with Gasteiger partial charge in [-0.2, -0.15) is 0 Å². The van der Waals surface area contributed by atoms with Gasteiger partial charge in [-0.3, -0.25) is 0 Å². The molecular weight excluding hydrogens is 318 g/mol. The van der Waals surface area contributed by atoms with Crippen molar-refractivity contribution < 1.29 is 0 Å². The Hall–Kier alpha value is -1.92. The second-order valence-electron chi connectivity index (χ2n) is 4.43. The Labute approximate surface area is 125 Å². The van der Waals surface area contributed by atoms with Crippen molar-refractivity contribution in [2.75, 3.05) is 11.9 Å². The number of nitrogens with zero attached hydrogens (tertiary/aromatic N) is 3. The summed E-state index contributed by atoms with van der Waals surface area (Å²) in [6, 6.07) is 11.8. The van der Waals surface area contributed by atoms with E-state index in [4.69, 9.17) is 5.73 Å². The first-order valence-corrected chi connectivity index (χ1v) is 7.12. The van der Waals surface area contributed by atoms with Crippen LogP contribution in [0.3, 0.4) is 0 Å². The van der Waals surface area contributed by atoms with Crippen molar-refractivity contribution >= 4 is 33.1 Å². The second kappa shape index (κ2) is 5.60. The molecule has 3 rings (SSSR count). The number of anilines is 2. The monoisotopic (exact) mass is 331 g/mol. The van der Waals surface area contributed by atoms with Gasteiger partial charge in [0.1, 0.15) is 0 Å². The van der Waals surface area contributed by atoms with Crippen molar-refractivity contribution in [2.24, 2.45) is 5.73 Å². The van der Waals surface area contributed by atoms with Crippen LogP contribution in [-0.2, 0) is 6.42 Å². The van der Waals surface area contributed by atoms with Gasteiger partial charge in [-0.15, -0.1) is 5.10 Å². The standard InChI is InChI=1S/C14H14BrN5/c15-10-2-1-3-11(8-10)17-13-4-5-14-18-12(6-7-16)9-20(14)19-13/h1-5,8-9H,6-7,16H2,(H,17,19). The van der Waals surface area contributed by atoms with Gasteiger partial charge in [0.05, 0.1) is 11.9 Å². The molecule has 102 valence electrons. The molecule has 0 saturated heterocycles. The van der Waals surface area contributed by atoms with Crippen molar-refractivity contribution in [2.45, 2.75) is 6.42 Å². The molecule has 0 spiro atoms. The first kappa shape index (κ1) is 13.1. The largest absolute Gasteiger partial charge is 0.339 e. The van der Waals surface area contributed by atoms with E-state index in [2.05, 4.69) is 31.3 Å². The number of fused-ring (bicyclic) bond motifs is 1. The van der Waals surface area contributed by atoms with Gasteiger partial charge in [0.15, 0.2) is 11.5 Å². The fourth-order valence-corrected chi connectivity index (χ4v) is 2.38. The molecule has 0 unspecified atom stereocenters. The summed E-state index contributed by atoms with van der Waals surface area (Å²) in [6.45, 7) is 0.590. The highest BCUT2D eigenvalue weighted by atomic mass is 79.9. The maximum absolute atomic E-state index is 5.54. The van der Waals surface area contributed by atoms with E-state index >= 15 is 0 Å². The molecule has 0 atom stereocenters. The van der Waals surface area contributed by atoms with E-state index in [0.29, 0.717) is 6.54 Å². The summed E-state index contributed by atoms with van der Waals surface area (Å²) in [5, 5.41) is 7.75. The highest BCUT2D eigenvalue weighted by molar-refractivity contribution is 9.10. The Balaban J connectivity index is 1.88. The lowest BCUT2D eigenvalue weighted by molar-refractivity contribution is 0.917. The number of hydrogen-bond donors (Lipinski definition) is 2. The van der Waals surface area contributed by atoms with Crippen molar-refractivity contribution in [1.29, 1.82) is 0 Å². The lowest BCUT2D eigenvalue weighted by Crippen LogP contribution is -2.02. The fourth-order valence-electron chi connectivity index (χ4n) is 1.98. The zero-order chi connectivity index (χ0) is 13.9. The fraction of sp³-hybridized carbons (Fsp3) is 0.143.